The number of alkyl halides is 1. The number of aliphatic carboxylic acids is 1. The minimum absolute atomic E-state index is 0. The Morgan fingerprint density at radius 2 is 1.06 bits per heavy atom. The number of rotatable bonds is 11. The van der Waals surface area contributed by atoms with Gasteiger partial charge in [0.1, 0.15) is 0 Å². The number of fused-ring (bicyclic) bond motifs is 4. The molecule has 4 aliphatic rings. The molecule has 0 unspecified atom stereocenters. The first-order chi connectivity index (χ1) is 38.1. The first-order valence-electron chi connectivity index (χ1n) is 25.7. The molecule has 4 aliphatic heterocycles. The van der Waals surface area contributed by atoms with Crippen LogP contribution in [0.1, 0.15) is 129 Å². The van der Waals surface area contributed by atoms with Crippen LogP contribution in [0.2, 0.25) is 0 Å². The van der Waals surface area contributed by atoms with Crippen molar-refractivity contribution < 1.29 is 66.9 Å². The summed E-state index contributed by atoms with van der Waals surface area (Å²) in [5, 5.41) is 27.2. The molecule has 0 saturated carbocycles. The Morgan fingerprint density at radius 1 is 0.650 bits per heavy atom. The van der Waals surface area contributed by atoms with E-state index in [-0.39, 0.29) is 36.0 Å². The molecule has 6 heterocycles. The molecule has 2 amide bonds. The number of ether oxygens (including phenoxy) is 3. The van der Waals surface area contributed by atoms with Gasteiger partial charge in [-0.25, -0.2) is 31.8 Å². The van der Waals surface area contributed by atoms with Gasteiger partial charge in [-0.05, 0) is 76.6 Å². The van der Waals surface area contributed by atoms with Crippen molar-refractivity contribution in [2.24, 2.45) is 0 Å². The zero-order valence-corrected chi connectivity index (χ0v) is 43.9. The number of aromatic hydroxyl groups is 1. The monoisotopic (exact) mass is 1120 g/mol. The maximum absolute atomic E-state index is 15.4. The van der Waals surface area contributed by atoms with Gasteiger partial charge in [-0.3, -0.25) is 28.3 Å². The highest BCUT2D eigenvalue weighted by atomic mass is 19.2. The van der Waals surface area contributed by atoms with E-state index in [0.717, 1.165) is 30.9 Å². The van der Waals surface area contributed by atoms with Crippen LogP contribution >= 0.6 is 0 Å². The molecule has 10 rings (SSSR count). The van der Waals surface area contributed by atoms with Gasteiger partial charge in [-0.1, -0.05) is 92.4 Å². The number of aromatic nitrogens is 4. The third-order valence-corrected chi connectivity index (χ3v) is 14.7. The van der Waals surface area contributed by atoms with Crippen LogP contribution in [-0.4, -0.2) is 121 Å². The normalized spacial score (nSPS) is 18.8. The maximum atomic E-state index is 15.4. The largest absolute Gasteiger partial charge is 0.502 e. The average molecular weight is 1120 g/mol. The van der Waals surface area contributed by atoms with Gasteiger partial charge in [0.05, 0.1) is 45.1 Å². The van der Waals surface area contributed by atoms with Crippen molar-refractivity contribution in [3.05, 3.63) is 187 Å². The fraction of sp³-hybridized carbons (Fsp3) is 0.379. The number of carbonyl (C=O) groups is 4. The minimum atomic E-state index is -1.39. The fourth-order valence-corrected chi connectivity index (χ4v) is 10.3. The fourth-order valence-electron chi connectivity index (χ4n) is 10.3. The van der Waals surface area contributed by atoms with E-state index < -0.39 is 118 Å². The van der Waals surface area contributed by atoms with Crippen LogP contribution in [0, 0.1) is 23.3 Å². The van der Waals surface area contributed by atoms with Gasteiger partial charge in [0.2, 0.25) is 16.6 Å². The number of carboxylic acid groups (broad SMARTS) is 1. The summed E-state index contributed by atoms with van der Waals surface area (Å²) in [6.07, 6.45) is 4.55. The number of amides is 2. The molecule has 2 N–H and O–H groups in total. The van der Waals surface area contributed by atoms with Crippen molar-refractivity contribution in [3.8, 4) is 11.5 Å². The molecule has 2 fully saturated rings. The van der Waals surface area contributed by atoms with Crippen molar-refractivity contribution in [3.63, 3.8) is 0 Å². The number of esters is 1. The van der Waals surface area contributed by atoms with Crippen LogP contribution in [0.25, 0.3) is 0 Å². The maximum Gasteiger partial charge on any atom is 0.343 e. The number of halogens is 5. The third kappa shape index (κ3) is 11.8. The summed E-state index contributed by atoms with van der Waals surface area (Å²) in [6, 6.07) is 23.9. The lowest BCUT2D eigenvalue weighted by atomic mass is 9.79. The standard InChI is InChI=1S/C28H27F2N3O5.C23H19F2N3O3.C5H10O3.CH3F.CH4/c1-28(2,37-3)27(36)38-25-20(34)15-31-33-23(19-13-8-14-32(19)26(35)24(25)33)21(16-9-5-4-6-10-16)17-11-7-12-18(29)22(17)30;24-15-9-4-8-14(19(15)25)18(13-6-2-1-3-7-13)20-16-10-5-11-27(16)23(31)21-22(30)17(29)12-26-28(20)21;1-5(2,8-3)4(6)7;1-2;/h4-7,9-12,15,19,21,23H,8,13-14H2,1-3H3;1-4,6-9,12,16,18,20,30H,5,10-11H2;1-3H3,(H,6,7);1H3;1H4/t19-,21-,23-;16-,18-,20-;;;/m11.../s1/i;;;1D;. The van der Waals surface area contributed by atoms with Crippen LogP contribution in [0.15, 0.2) is 119 Å². The lowest BCUT2D eigenvalue weighted by Crippen LogP contribution is -2.51. The summed E-state index contributed by atoms with van der Waals surface area (Å²) in [5.74, 6) is -9.37. The van der Waals surface area contributed by atoms with Crippen LogP contribution in [-0.2, 0) is 19.1 Å². The molecule has 4 aromatic carbocycles. The van der Waals surface area contributed by atoms with E-state index in [1.807, 2.05) is 24.3 Å². The van der Waals surface area contributed by atoms with E-state index >= 15 is 8.78 Å². The molecular formula is C58H63F5N6O11. The number of benzene rings is 4. The van der Waals surface area contributed by atoms with Crippen LogP contribution < -0.4 is 15.6 Å². The Labute approximate surface area is 459 Å². The zero-order chi connectivity index (χ0) is 58.4. The van der Waals surface area contributed by atoms with Crippen LogP contribution in [0.5, 0.6) is 11.5 Å². The van der Waals surface area contributed by atoms with Gasteiger partial charge in [0, 0.05) is 50.3 Å². The predicted octanol–water partition coefficient (Wildman–Crippen LogP) is 8.78. The molecule has 426 valence electrons. The van der Waals surface area contributed by atoms with Crippen molar-refractivity contribution in [2.45, 2.75) is 108 Å². The third-order valence-electron chi connectivity index (χ3n) is 14.7. The molecule has 80 heavy (non-hydrogen) atoms. The highest BCUT2D eigenvalue weighted by Crippen LogP contribution is 2.48. The van der Waals surface area contributed by atoms with Crippen molar-refractivity contribution >= 4 is 23.8 Å². The SMILES string of the molecule is C.COC(C)(C)C(=O)O.COC(C)(C)C(=O)Oc1c2n(ncc1=O)[C@@H]([C@H](c1ccccc1)c1cccc(F)c1F)[C@H]1CCCN1C2=O.O=C1c2c(O)c(=O)cnn2[C@@H]([C@H](c2ccccc2)c2cccc(F)c2F)[C@H]2CCCN12.[2H]CF. The van der Waals surface area contributed by atoms with Gasteiger partial charge >= 0.3 is 11.9 Å². The number of hydrogen-bond acceptors (Lipinski definition) is 12. The second kappa shape index (κ2) is 25.3. The molecule has 0 spiro atoms. The first-order valence-corrected chi connectivity index (χ1v) is 25.0. The minimum Gasteiger partial charge on any atom is -0.502 e. The van der Waals surface area contributed by atoms with Crippen LogP contribution in [0.4, 0.5) is 22.0 Å². The average Bonchev–Trinajstić information content (AvgIpc) is 2.81. The van der Waals surface area contributed by atoms with E-state index in [1.165, 1.54) is 75.5 Å². The number of methoxy groups -OCH3 is 2. The summed E-state index contributed by atoms with van der Waals surface area (Å²) in [5.41, 5.74) is -2.77. The lowest BCUT2D eigenvalue weighted by molar-refractivity contribution is -0.158. The van der Waals surface area contributed by atoms with Gasteiger partial charge in [-0.15, -0.1) is 0 Å². The molecule has 6 atom stereocenters. The van der Waals surface area contributed by atoms with E-state index in [9.17, 15) is 47.0 Å². The summed E-state index contributed by atoms with van der Waals surface area (Å²) in [7, 11) is 1.69. The summed E-state index contributed by atoms with van der Waals surface area (Å²) >= 11 is 0. The Balaban J connectivity index is 0.000000221. The van der Waals surface area contributed by atoms with E-state index in [0.29, 0.717) is 43.5 Å². The number of carbonyl (C=O) groups excluding carboxylic acids is 3. The van der Waals surface area contributed by atoms with Crippen molar-refractivity contribution in [1.82, 2.24) is 29.4 Å². The molecule has 0 radical (unpaired) electrons. The Morgan fingerprint density at radius 3 is 1.48 bits per heavy atom. The molecular weight excluding hydrogens is 1050 g/mol. The summed E-state index contributed by atoms with van der Waals surface area (Å²) in [6.45, 7) is 6.78. The zero-order valence-electron chi connectivity index (χ0n) is 44.9. The molecule has 6 aromatic rings. The van der Waals surface area contributed by atoms with Gasteiger partial charge < -0.3 is 34.2 Å². The van der Waals surface area contributed by atoms with Gasteiger partial charge in [0.15, 0.2) is 51.6 Å². The molecule has 17 nitrogen and oxygen atoms in total. The second-order valence-electron chi connectivity index (χ2n) is 19.9. The van der Waals surface area contributed by atoms with Crippen molar-refractivity contribution in [2.75, 3.05) is 34.5 Å². The number of carboxylic acids is 1. The first kappa shape index (κ1) is 59.5. The molecule has 2 aromatic heterocycles. The van der Waals surface area contributed by atoms with Crippen LogP contribution in [0.3, 0.4) is 0 Å². The van der Waals surface area contributed by atoms with E-state index in [2.05, 4.69) is 14.9 Å². The number of hydrogen-bond donors (Lipinski definition) is 2. The van der Waals surface area contributed by atoms with E-state index in [1.54, 1.807) is 46.2 Å². The molecule has 0 aliphatic carbocycles. The number of nitrogens with zero attached hydrogens (tertiary/aromatic N) is 6. The summed E-state index contributed by atoms with van der Waals surface area (Å²) < 4.78 is 92.5. The lowest BCUT2D eigenvalue weighted by Gasteiger charge is -2.42. The van der Waals surface area contributed by atoms with Crippen molar-refractivity contribution in [1.29, 1.82) is 0 Å². The molecule has 0 bridgehead atoms. The van der Waals surface area contributed by atoms with Gasteiger partial charge in [0.25, 0.3) is 11.8 Å². The second-order valence-corrected chi connectivity index (χ2v) is 19.9. The smallest absolute Gasteiger partial charge is 0.343 e. The Kier molecular flexibility index (Phi) is 18.9. The van der Waals surface area contributed by atoms with E-state index in [4.69, 9.17) is 16.0 Å². The quantitative estimate of drug-likeness (QED) is 0.0919. The highest BCUT2D eigenvalue weighted by molar-refractivity contribution is 5.98. The Hall–Kier alpha value is -8.11. The topological polar surface area (TPSA) is 213 Å². The summed E-state index contributed by atoms with van der Waals surface area (Å²) in [4.78, 5) is 77.9. The molecule has 2 saturated heterocycles. The van der Waals surface area contributed by atoms with Gasteiger partial charge in [-0.2, -0.15) is 10.2 Å². The molecule has 22 heteroatoms. The Bertz CT molecular complexity index is 3370. The highest BCUT2D eigenvalue weighted by Gasteiger charge is 2.51. The predicted molar refractivity (Wildman–Crippen MR) is 283 cm³/mol.